The number of amides is 1. The normalized spacial score (nSPS) is 18.8. The van der Waals surface area contributed by atoms with E-state index in [-0.39, 0.29) is 47.7 Å². The Kier molecular flexibility index (Phi) is 6.85. The second-order valence-corrected chi connectivity index (χ2v) is 9.26. The van der Waals surface area contributed by atoms with Crippen molar-refractivity contribution in [1.29, 1.82) is 0 Å². The van der Waals surface area contributed by atoms with Gasteiger partial charge in [0.2, 0.25) is 5.88 Å². The quantitative estimate of drug-likeness (QED) is 0.355. The Balaban J connectivity index is 1.44. The Labute approximate surface area is 220 Å². The third-order valence-electron chi connectivity index (χ3n) is 6.90. The molecule has 1 fully saturated rings. The number of benzene rings is 1. The molecule has 3 N–H and O–H groups in total. The van der Waals surface area contributed by atoms with Gasteiger partial charge in [-0.3, -0.25) is 9.69 Å². The summed E-state index contributed by atoms with van der Waals surface area (Å²) in [7, 11) is 1.30. The van der Waals surface area contributed by atoms with Crippen molar-refractivity contribution in [2.75, 3.05) is 25.9 Å². The molecule has 39 heavy (non-hydrogen) atoms. The topological polar surface area (TPSA) is 111 Å². The Morgan fingerprint density at radius 1 is 1.18 bits per heavy atom. The molecule has 4 heterocycles. The molecule has 3 aromatic heterocycles. The van der Waals surface area contributed by atoms with Crippen LogP contribution in [0.25, 0.3) is 16.8 Å². The summed E-state index contributed by atoms with van der Waals surface area (Å²) in [4.78, 5) is 23.0. The number of nitrogens with two attached hydrogens (primary N) is 1. The standard InChI is InChI=1S/C26H25F4N7O2/c1-14(15-6-4-3-5-7-15)36-11-19(27)20(12-36)35-24(38)17-8-16(10-32-25(17)39-2)21-9-18(26(28,29)30)22-23(31)33-13-34-37(21)22/h3-10,13-14,19-20H,11-12H2,1-2H3,(H,35,38)(H2,31,33,34)/t14?,19-,20+/m0/s1. The summed E-state index contributed by atoms with van der Waals surface area (Å²) in [6, 6.07) is 11.0. The van der Waals surface area contributed by atoms with Crippen molar-refractivity contribution >= 4 is 17.2 Å². The van der Waals surface area contributed by atoms with Gasteiger partial charge in [0, 0.05) is 30.9 Å². The minimum Gasteiger partial charge on any atom is -0.480 e. The maximum absolute atomic E-state index is 15.0. The van der Waals surface area contributed by atoms with Gasteiger partial charge in [-0.25, -0.2) is 18.9 Å². The molecule has 204 valence electrons. The first-order valence-corrected chi connectivity index (χ1v) is 12.1. The van der Waals surface area contributed by atoms with Crippen LogP contribution in [0.2, 0.25) is 0 Å². The zero-order valence-electron chi connectivity index (χ0n) is 21.0. The molecule has 9 nitrogen and oxygen atoms in total. The number of carbonyl (C=O) groups excluding carboxylic acids is 1. The minimum absolute atomic E-state index is 0.0114. The van der Waals surface area contributed by atoms with Gasteiger partial charge in [-0.15, -0.1) is 0 Å². The lowest BCUT2D eigenvalue weighted by molar-refractivity contribution is -0.136. The summed E-state index contributed by atoms with van der Waals surface area (Å²) in [5.41, 5.74) is 5.38. The largest absolute Gasteiger partial charge is 0.480 e. The van der Waals surface area contributed by atoms with E-state index in [4.69, 9.17) is 10.5 Å². The third-order valence-corrected chi connectivity index (χ3v) is 6.90. The molecular formula is C26H25F4N7O2. The summed E-state index contributed by atoms with van der Waals surface area (Å²) in [5, 5.41) is 6.63. The molecule has 1 saturated heterocycles. The van der Waals surface area contributed by atoms with Crippen LogP contribution in [0.1, 0.15) is 34.5 Å². The fourth-order valence-electron chi connectivity index (χ4n) is 4.84. The molecule has 0 spiro atoms. The number of methoxy groups -OCH3 is 1. The fraction of sp³-hybridized carbons (Fsp3) is 0.308. The number of ether oxygens (including phenoxy) is 1. The van der Waals surface area contributed by atoms with E-state index >= 15 is 4.39 Å². The van der Waals surface area contributed by atoms with Crippen molar-refractivity contribution in [1.82, 2.24) is 29.8 Å². The molecule has 5 rings (SSSR count). The lowest BCUT2D eigenvalue weighted by atomic mass is 10.1. The molecule has 1 amide bonds. The molecular weight excluding hydrogens is 518 g/mol. The molecule has 4 aromatic rings. The smallest absolute Gasteiger partial charge is 0.418 e. The van der Waals surface area contributed by atoms with Crippen molar-refractivity contribution in [3.63, 3.8) is 0 Å². The SMILES string of the molecule is COc1ncc(-c2cc(C(F)(F)F)c3c(N)ncnn23)cc1C(=O)N[C@@H]1CN(C(C)c2ccccc2)C[C@@H]1F. The molecule has 1 aliphatic rings. The van der Waals surface area contributed by atoms with Crippen LogP contribution < -0.4 is 15.8 Å². The third kappa shape index (κ3) is 4.97. The lowest BCUT2D eigenvalue weighted by Gasteiger charge is -2.24. The first-order valence-electron chi connectivity index (χ1n) is 12.1. The number of alkyl halides is 4. The summed E-state index contributed by atoms with van der Waals surface area (Å²) in [6.45, 7) is 2.37. The van der Waals surface area contributed by atoms with Gasteiger partial charge in [0.15, 0.2) is 5.82 Å². The van der Waals surface area contributed by atoms with Gasteiger partial charge >= 0.3 is 6.18 Å². The van der Waals surface area contributed by atoms with Crippen molar-refractivity contribution in [2.24, 2.45) is 0 Å². The molecule has 1 unspecified atom stereocenters. The van der Waals surface area contributed by atoms with E-state index in [9.17, 15) is 18.0 Å². The Bertz CT molecular complexity index is 1510. The Morgan fingerprint density at radius 2 is 1.92 bits per heavy atom. The van der Waals surface area contributed by atoms with Gasteiger partial charge < -0.3 is 15.8 Å². The average molecular weight is 544 g/mol. The predicted molar refractivity (Wildman–Crippen MR) is 135 cm³/mol. The average Bonchev–Trinajstić information content (AvgIpc) is 3.50. The zero-order chi connectivity index (χ0) is 27.9. The van der Waals surface area contributed by atoms with E-state index in [1.807, 2.05) is 42.2 Å². The van der Waals surface area contributed by atoms with Gasteiger partial charge in [0.05, 0.1) is 24.4 Å². The van der Waals surface area contributed by atoms with Crippen molar-refractivity contribution in [3.8, 4) is 17.1 Å². The maximum atomic E-state index is 15.0. The number of anilines is 1. The van der Waals surface area contributed by atoms with E-state index < -0.39 is 35.4 Å². The van der Waals surface area contributed by atoms with Gasteiger partial charge in [-0.1, -0.05) is 30.3 Å². The van der Waals surface area contributed by atoms with Gasteiger partial charge in [-0.05, 0) is 24.6 Å². The summed E-state index contributed by atoms with van der Waals surface area (Å²) < 4.78 is 62.5. The predicted octanol–water partition coefficient (Wildman–Crippen LogP) is 3.91. The summed E-state index contributed by atoms with van der Waals surface area (Å²) in [5.74, 6) is -1.09. The fourth-order valence-corrected chi connectivity index (χ4v) is 4.84. The van der Waals surface area contributed by atoms with Crippen LogP contribution in [0.5, 0.6) is 5.88 Å². The van der Waals surface area contributed by atoms with Crippen molar-refractivity contribution in [3.05, 3.63) is 71.7 Å². The monoisotopic (exact) mass is 543 g/mol. The highest BCUT2D eigenvalue weighted by molar-refractivity contribution is 5.98. The molecule has 0 bridgehead atoms. The Hall–Kier alpha value is -4.26. The van der Waals surface area contributed by atoms with E-state index in [0.717, 1.165) is 22.5 Å². The molecule has 0 saturated carbocycles. The van der Waals surface area contributed by atoms with Crippen LogP contribution in [0.3, 0.4) is 0 Å². The number of likely N-dealkylation sites (tertiary alicyclic amines) is 1. The highest BCUT2D eigenvalue weighted by Crippen LogP contribution is 2.39. The molecule has 1 aromatic carbocycles. The number of nitrogens with zero attached hydrogens (tertiary/aromatic N) is 5. The van der Waals surface area contributed by atoms with Crippen LogP contribution in [0.15, 0.2) is 55.0 Å². The lowest BCUT2D eigenvalue weighted by Crippen LogP contribution is -2.41. The number of nitrogens with one attached hydrogen (secondary N) is 1. The molecule has 1 aliphatic heterocycles. The number of carbonyl (C=O) groups is 1. The zero-order valence-corrected chi connectivity index (χ0v) is 21.0. The van der Waals surface area contributed by atoms with E-state index in [1.165, 1.54) is 19.4 Å². The van der Waals surface area contributed by atoms with Crippen LogP contribution in [-0.4, -0.2) is 62.8 Å². The first-order chi connectivity index (χ1) is 18.6. The highest BCUT2D eigenvalue weighted by Gasteiger charge is 2.38. The number of aromatic nitrogens is 4. The van der Waals surface area contributed by atoms with Crippen LogP contribution in [-0.2, 0) is 6.18 Å². The maximum Gasteiger partial charge on any atom is 0.418 e. The number of hydrogen-bond donors (Lipinski definition) is 2. The van der Waals surface area contributed by atoms with E-state index in [1.54, 1.807) is 0 Å². The highest BCUT2D eigenvalue weighted by atomic mass is 19.4. The van der Waals surface area contributed by atoms with Crippen LogP contribution >= 0.6 is 0 Å². The summed E-state index contributed by atoms with van der Waals surface area (Å²) in [6.07, 6.45) is -3.78. The minimum atomic E-state index is -4.73. The second kappa shape index (κ2) is 10.1. The number of fused-ring (bicyclic) bond motifs is 1. The Morgan fingerprint density at radius 3 is 2.62 bits per heavy atom. The molecule has 0 aliphatic carbocycles. The van der Waals surface area contributed by atoms with Gasteiger partial charge in [0.1, 0.15) is 23.6 Å². The molecule has 13 heteroatoms. The number of nitrogen functional groups attached to an aromatic ring is 1. The van der Waals surface area contributed by atoms with Crippen molar-refractivity contribution < 1.29 is 27.1 Å². The molecule has 3 atom stereocenters. The van der Waals surface area contributed by atoms with Crippen molar-refractivity contribution in [2.45, 2.75) is 31.4 Å². The van der Waals surface area contributed by atoms with Gasteiger partial charge in [0.25, 0.3) is 5.91 Å². The summed E-state index contributed by atoms with van der Waals surface area (Å²) >= 11 is 0. The van der Waals surface area contributed by atoms with E-state index in [2.05, 4.69) is 20.4 Å². The number of hydrogen-bond acceptors (Lipinski definition) is 7. The molecule has 0 radical (unpaired) electrons. The van der Waals surface area contributed by atoms with Gasteiger partial charge in [-0.2, -0.15) is 18.3 Å². The number of rotatable bonds is 6. The second-order valence-electron chi connectivity index (χ2n) is 9.26. The van der Waals surface area contributed by atoms with Crippen LogP contribution in [0, 0.1) is 0 Å². The first kappa shape index (κ1) is 26.4. The number of pyridine rings is 1. The van der Waals surface area contributed by atoms with Crippen LogP contribution in [0.4, 0.5) is 23.4 Å². The van der Waals surface area contributed by atoms with E-state index in [0.29, 0.717) is 0 Å². The number of halogens is 4.